The van der Waals surface area contributed by atoms with E-state index in [4.69, 9.17) is 0 Å². The molecule has 0 spiro atoms. The fourth-order valence-corrected chi connectivity index (χ4v) is 3.89. The van der Waals surface area contributed by atoms with E-state index in [0.717, 1.165) is 0 Å². The summed E-state index contributed by atoms with van der Waals surface area (Å²) in [5.41, 5.74) is 0.469. The molecule has 5 nitrogen and oxygen atoms in total. The summed E-state index contributed by atoms with van der Waals surface area (Å²) < 4.78 is 13.2. The van der Waals surface area contributed by atoms with Crippen LogP contribution in [0.5, 0.6) is 0 Å². The second-order valence-electron chi connectivity index (χ2n) is 7.42. The van der Waals surface area contributed by atoms with E-state index in [1.165, 1.54) is 44.2 Å². The number of carbonyl (C=O) groups excluding carboxylic acids is 2. The lowest BCUT2D eigenvalue weighted by Crippen LogP contribution is -2.50. The Balaban J connectivity index is 1.39. The number of rotatable bonds is 5. The molecule has 1 aliphatic carbocycles. The molecule has 0 bridgehead atoms. The maximum atomic E-state index is 13.2. The number of hydrogen-bond donors (Lipinski definition) is 1. The number of anilines is 1. The molecule has 0 atom stereocenters. The molecule has 0 radical (unpaired) electrons. The Labute approximate surface area is 154 Å². The monoisotopic (exact) mass is 361 g/mol. The number of hydrogen-bond acceptors (Lipinski definition) is 3. The van der Waals surface area contributed by atoms with Crippen molar-refractivity contribution < 1.29 is 14.0 Å². The minimum Gasteiger partial charge on any atom is -0.340 e. The normalized spacial score (nSPS) is 19.3. The summed E-state index contributed by atoms with van der Waals surface area (Å²) in [6.45, 7) is 3.03. The molecule has 142 valence electrons. The van der Waals surface area contributed by atoms with Gasteiger partial charge in [0.05, 0.1) is 6.54 Å². The van der Waals surface area contributed by atoms with Gasteiger partial charge < -0.3 is 10.2 Å². The highest BCUT2D eigenvalue weighted by molar-refractivity contribution is 5.92. The molecule has 1 heterocycles. The largest absolute Gasteiger partial charge is 0.340 e. The molecule has 1 aromatic carbocycles. The van der Waals surface area contributed by atoms with Crippen LogP contribution in [0.25, 0.3) is 0 Å². The van der Waals surface area contributed by atoms with Gasteiger partial charge in [0, 0.05) is 38.3 Å². The van der Waals surface area contributed by atoms with Crippen LogP contribution < -0.4 is 5.32 Å². The van der Waals surface area contributed by atoms with Crippen molar-refractivity contribution in [2.45, 2.75) is 38.5 Å². The number of piperazine rings is 1. The molecule has 1 saturated heterocycles. The van der Waals surface area contributed by atoms with Crippen molar-refractivity contribution in [1.29, 1.82) is 0 Å². The Kier molecular flexibility index (Phi) is 6.61. The maximum Gasteiger partial charge on any atom is 0.238 e. The SMILES string of the molecule is O=C(CN1CCN(C(=O)CC2CCCCC2)CC1)Nc1cccc(F)c1. The third-order valence-electron chi connectivity index (χ3n) is 5.39. The summed E-state index contributed by atoms with van der Waals surface area (Å²) in [6, 6.07) is 5.89. The van der Waals surface area contributed by atoms with Gasteiger partial charge in [0.15, 0.2) is 0 Å². The summed E-state index contributed by atoms with van der Waals surface area (Å²) in [4.78, 5) is 28.6. The summed E-state index contributed by atoms with van der Waals surface area (Å²) in [6.07, 6.45) is 6.87. The summed E-state index contributed by atoms with van der Waals surface area (Å²) in [5, 5.41) is 2.72. The fraction of sp³-hybridized carbons (Fsp3) is 0.600. The molecule has 26 heavy (non-hydrogen) atoms. The van der Waals surface area contributed by atoms with Crippen molar-refractivity contribution in [1.82, 2.24) is 9.80 Å². The maximum absolute atomic E-state index is 13.2. The molecule has 3 rings (SSSR count). The Morgan fingerprint density at radius 3 is 2.50 bits per heavy atom. The highest BCUT2D eigenvalue weighted by Crippen LogP contribution is 2.27. The first-order valence-corrected chi connectivity index (χ1v) is 9.66. The number of nitrogens with one attached hydrogen (secondary N) is 1. The second kappa shape index (κ2) is 9.12. The Hall–Kier alpha value is -1.95. The molecule has 1 aliphatic heterocycles. The first kappa shape index (κ1) is 18.8. The van der Waals surface area contributed by atoms with Crippen molar-refractivity contribution in [3.05, 3.63) is 30.1 Å². The minimum absolute atomic E-state index is 0.155. The van der Waals surface area contributed by atoms with Gasteiger partial charge in [0.2, 0.25) is 11.8 Å². The predicted molar refractivity (Wildman–Crippen MR) is 99.2 cm³/mol. The van der Waals surface area contributed by atoms with E-state index in [9.17, 15) is 14.0 Å². The van der Waals surface area contributed by atoms with Gasteiger partial charge in [-0.2, -0.15) is 0 Å². The molecule has 0 unspecified atom stereocenters. The molecule has 2 fully saturated rings. The molecule has 1 saturated carbocycles. The van der Waals surface area contributed by atoms with Crippen molar-refractivity contribution in [3.8, 4) is 0 Å². The van der Waals surface area contributed by atoms with Crippen molar-refractivity contribution >= 4 is 17.5 Å². The van der Waals surface area contributed by atoms with Gasteiger partial charge in [-0.05, 0) is 37.0 Å². The quantitative estimate of drug-likeness (QED) is 0.877. The second-order valence-corrected chi connectivity index (χ2v) is 7.42. The first-order chi connectivity index (χ1) is 12.6. The van der Waals surface area contributed by atoms with Crippen LogP contribution in [-0.4, -0.2) is 54.3 Å². The standard InChI is InChI=1S/C20H28FN3O2/c21-17-7-4-8-18(14-17)22-19(25)15-23-9-11-24(12-10-23)20(26)13-16-5-2-1-3-6-16/h4,7-8,14,16H,1-3,5-6,9-13,15H2,(H,22,25). The van der Waals surface area contributed by atoms with E-state index < -0.39 is 0 Å². The average Bonchev–Trinajstić information content (AvgIpc) is 2.63. The van der Waals surface area contributed by atoms with Crippen LogP contribution in [0.2, 0.25) is 0 Å². The minimum atomic E-state index is -0.368. The van der Waals surface area contributed by atoms with Crippen LogP contribution in [0.3, 0.4) is 0 Å². The van der Waals surface area contributed by atoms with Gasteiger partial charge in [-0.3, -0.25) is 14.5 Å². The van der Waals surface area contributed by atoms with E-state index in [1.54, 1.807) is 12.1 Å². The number of carbonyl (C=O) groups is 2. The van der Waals surface area contributed by atoms with Crippen molar-refractivity contribution in [2.75, 3.05) is 38.0 Å². The van der Waals surface area contributed by atoms with Crippen molar-refractivity contribution in [2.24, 2.45) is 5.92 Å². The van der Waals surface area contributed by atoms with E-state index in [2.05, 4.69) is 5.32 Å². The average molecular weight is 361 g/mol. The lowest BCUT2D eigenvalue weighted by molar-refractivity contribution is -0.134. The van der Waals surface area contributed by atoms with E-state index in [-0.39, 0.29) is 24.2 Å². The molecular formula is C20H28FN3O2. The number of amides is 2. The van der Waals surface area contributed by atoms with Gasteiger partial charge in [0.25, 0.3) is 0 Å². The van der Waals surface area contributed by atoms with Crippen molar-refractivity contribution in [3.63, 3.8) is 0 Å². The van der Waals surface area contributed by atoms with Crippen LogP contribution >= 0.6 is 0 Å². The van der Waals surface area contributed by atoms with E-state index in [0.29, 0.717) is 44.2 Å². The third kappa shape index (κ3) is 5.53. The zero-order chi connectivity index (χ0) is 18.4. The first-order valence-electron chi connectivity index (χ1n) is 9.66. The Bertz CT molecular complexity index is 623. The highest BCUT2D eigenvalue weighted by atomic mass is 19.1. The summed E-state index contributed by atoms with van der Waals surface area (Å²) in [5.74, 6) is 0.303. The zero-order valence-electron chi connectivity index (χ0n) is 15.3. The van der Waals surface area contributed by atoms with Gasteiger partial charge in [0.1, 0.15) is 5.82 Å². The van der Waals surface area contributed by atoms with Crippen LogP contribution in [0.1, 0.15) is 38.5 Å². The van der Waals surface area contributed by atoms with Gasteiger partial charge in [-0.1, -0.05) is 25.3 Å². The topological polar surface area (TPSA) is 52.7 Å². The fourth-order valence-electron chi connectivity index (χ4n) is 3.89. The van der Waals surface area contributed by atoms with Crippen LogP contribution in [-0.2, 0) is 9.59 Å². The number of halogens is 1. The lowest BCUT2D eigenvalue weighted by Gasteiger charge is -2.35. The van der Waals surface area contributed by atoms with Gasteiger partial charge >= 0.3 is 0 Å². The van der Waals surface area contributed by atoms with E-state index >= 15 is 0 Å². The highest BCUT2D eigenvalue weighted by Gasteiger charge is 2.25. The zero-order valence-corrected chi connectivity index (χ0v) is 15.3. The third-order valence-corrected chi connectivity index (χ3v) is 5.39. The Morgan fingerprint density at radius 1 is 1.08 bits per heavy atom. The molecule has 2 amide bonds. The van der Waals surface area contributed by atoms with Gasteiger partial charge in [-0.25, -0.2) is 4.39 Å². The molecule has 6 heteroatoms. The smallest absolute Gasteiger partial charge is 0.238 e. The lowest BCUT2D eigenvalue weighted by atomic mass is 9.86. The molecule has 1 aromatic rings. The number of benzene rings is 1. The number of nitrogens with zero attached hydrogens (tertiary/aromatic N) is 2. The van der Waals surface area contributed by atoms with E-state index in [1.807, 2.05) is 9.80 Å². The Morgan fingerprint density at radius 2 is 1.81 bits per heavy atom. The van der Waals surface area contributed by atoms with Gasteiger partial charge in [-0.15, -0.1) is 0 Å². The van der Waals surface area contributed by atoms with Crippen LogP contribution in [0.15, 0.2) is 24.3 Å². The summed E-state index contributed by atoms with van der Waals surface area (Å²) >= 11 is 0. The summed E-state index contributed by atoms with van der Waals surface area (Å²) in [7, 11) is 0. The molecule has 2 aliphatic rings. The molecular weight excluding hydrogens is 333 g/mol. The molecule has 0 aromatic heterocycles. The predicted octanol–water partition coefficient (Wildman–Crippen LogP) is 2.88. The van der Waals surface area contributed by atoms with Crippen LogP contribution in [0.4, 0.5) is 10.1 Å². The molecule has 1 N–H and O–H groups in total. The van der Waals surface area contributed by atoms with Crippen LogP contribution in [0, 0.1) is 11.7 Å².